The number of carbonyl (C=O) groups is 1. The molecule has 0 aromatic heterocycles. The first kappa shape index (κ1) is 20.3. The van der Waals surface area contributed by atoms with Gasteiger partial charge in [0.2, 0.25) is 5.84 Å². The highest BCUT2D eigenvalue weighted by Crippen LogP contribution is 2.25. The van der Waals surface area contributed by atoms with Crippen LogP contribution in [0, 0.1) is 0 Å². The summed E-state index contributed by atoms with van der Waals surface area (Å²) in [6, 6.07) is 15.2. The zero-order valence-electron chi connectivity index (χ0n) is 15.6. The van der Waals surface area contributed by atoms with Crippen LogP contribution < -0.4 is 10.3 Å². The smallest absolute Gasteiger partial charge is 0.375 e. The topological polar surface area (TPSA) is 57.2 Å². The van der Waals surface area contributed by atoms with E-state index < -0.39 is 5.97 Å². The molecule has 6 nitrogen and oxygen atoms in total. The van der Waals surface area contributed by atoms with E-state index in [1.165, 1.54) is 5.69 Å². The molecule has 0 amide bonds. The predicted molar refractivity (Wildman–Crippen MR) is 114 cm³/mol. The van der Waals surface area contributed by atoms with E-state index in [2.05, 4.69) is 27.6 Å². The number of ether oxygens (including phenoxy) is 1. The fraction of sp³-hybridized carbons (Fsp3) is 0.300. The first-order chi connectivity index (χ1) is 13.6. The Kier molecular flexibility index (Phi) is 7.01. The molecule has 1 N–H and O–H groups in total. The van der Waals surface area contributed by atoms with E-state index >= 15 is 0 Å². The number of hydrazone groups is 1. The summed E-state index contributed by atoms with van der Waals surface area (Å²) < 4.78 is 5.19. The molecule has 8 heteroatoms. The minimum atomic E-state index is -0.471. The number of hydrogen-bond acceptors (Lipinski definition) is 5. The highest BCUT2D eigenvalue weighted by molar-refractivity contribution is 6.36. The van der Waals surface area contributed by atoms with E-state index in [1.807, 2.05) is 23.1 Å². The zero-order valence-corrected chi connectivity index (χ0v) is 17.1. The molecule has 0 unspecified atom stereocenters. The van der Waals surface area contributed by atoms with Gasteiger partial charge in [-0.2, -0.15) is 0 Å². The van der Waals surface area contributed by atoms with E-state index in [1.54, 1.807) is 25.1 Å². The maximum absolute atomic E-state index is 12.5. The number of benzene rings is 2. The van der Waals surface area contributed by atoms with E-state index in [4.69, 9.17) is 27.9 Å². The molecule has 148 valence electrons. The van der Waals surface area contributed by atoms with Crippen molar-refractivity contribution in [1.29, 1.82) is 0 Å². The average Bonchev–Trinajstić information content (AvgIpc) is 2.72. The Bertz CT molecular complexity index is 837. The molecule has 28 heavy (non-hydrogen) atoms. The van der Waals surface area contributed by atoms with Crippen LogP contribution in [0.1, 0.15) is 6.92 Å². The van der Waals surface area contributed by atoms with Gasteiger partial charge in [0.15, 0.2) is 0 Å². The summed E-state index contributed by atoms with van der Waals surface area (Å²) >= 11 is 12.2. The molecule has 1 saturated heterocycles. The number of halogens is 2. The molecule has 0 radical (unpaired) electrons. The molecule has 0 spiro atoms. The van der Waals surface area contributed by atoms with Gasteiger partial charge in [-0.05, 0) is 37.3 Å². The lowest BCUT2D eigenvalue weighted by Gasteiger charge is -2.36. The summed E-state index contributed by atoms with van der Waals surface area (Å²) in [6.07, 6.45) is 0. The summed E-state index contributed by atoms with van der Waals surface area (Å²) in [6.45, 7) is 4.90. The normalized spacial score (nSPS) is 14.8. The van der Waals surface area contributed by atoms with Gasteiger partial charge in [0.25, 0.3) is 0 Å². The molecule has 0 saturated carbocycles. The summed E-state index contributed by atoms with van der Waals surface area (Å²) in [5.41, 5.74) is 4.54. The molecule has 3 rings (SSSR count). The van der Waals surface area contributed by atoms with E-state index in [0.717, 1.165) is 13.1 Å². The van der Waals surface area contributed by atoms with E-state index in [0.29, 0.717) is 28.8 Å². The number of nitrogens with one attached hydrogen (secondary N) is 1. The van der Waals surface area contributed by atoms with Crippen molar-refractivity contribution in [2.24, 2.45) is 5.10 Å². The predicted octanol–water partition coefficient (Wildman–Crippen LogP) is 4.10. The monoisotopic (exact) mass is 420 g/mol. The number of nitrogens with zero attached hydrogens (tertiary/aromatic N) is 3. The van der Waals surface area contributed by atoms with Gasteiger partial charge in [-0.3, -0.25) is 5.43 Å². The lowest BCUT2D eigenvalue weighted by Crippen LogP contribution is -2.51. The van der Waals surface area contributed by atoms with Crippen molar-refractivity contribution in [3.63, 3.8) is 0 Å². The largest absolute Gasteiger partial charge is 0.460 e. The molecular formula is C20H22Cl2N4O2. The Morgan fingerprint density at radius 1 is 1.11 bits per heavy atom. The van der Waals surface area contributed by atoms with Gasteiger partial charge in [-0.15, -0.1) is 5.10 Å². The summed E-state index contributed by atoms with van der Waals surface area (Å²) in [5.74, 6) is -0.244. The van der Waals surface area contributed by atoms with Crippen LogP contribution in [0.2, 0.25) is 10.0 Å². The van der Waals surface area contributed by atoms with Crippen LogP contribution in [0.3, 0.4) is 0 Å². The van der Waals surface area contributed by atoms with Gasteiger partial charge in [0, 0.05) is 36.9 Å². The first-order valence-electron chi connectivity index (χ1n) is 9.09. The fourth-order valence-corrected chi connectivity index (χ4v) is 3.28. The Morgan fingerprint density at radius 2 is 1.82 bits per heavy atom. The van der Waals surface area contributed by atoms with Crippen molar-refractivity contribution in [1.82, 2.24) is 4.90 Å². The van der Waals surface area contributed by atoms with Crippen LogP contribution in [-0.2, 0) is 9.53 Å². The van der Waals surface area contributed by atoms with Gasteiger partial charge in [0.1, 0.15) is 0 Å². The second kappa shape index (κ2) is 9.66. The Hall–Kier alpha value is -2.44. The van der Waals surface area contributed by atoms with Gasteiger partial charge >= 0.3 is 5.97 Å². The number of esters is 1. The molecule has 1 heterocycles. The SMILES string of the molecule is CCOC(=O)/C(=N\Nc1cc(Cl)ccc1Cl)N1CCN(c2ccccc2)CC1. The minimum Gasteiger partial charge on any atom is -0.460 e. The van der Waals surface area contributed by atoms with E-state index in [-0.39, 0.29) is 12.4 Å². The highest BCUT2D eigenvalue weighted by atomic mass is 35.5. The van der Waals surface area contributed by atoms with Crippen LogP contribution in [0.25, 0.3) is 0 Å². The second-order valence-corrected chi connectivity index (χ2v) is 7.05. The van der Waals surface area contributed by atoms with Crippen molar-refractivity contribution in [2.75, 3.05) is 43.1 Å². The van der Waals surface area contributed by atoms with Crippen molar-refractivity contribution in [3.8, 4) is 0 Å². The third-order valence-electron chi connectivity index (χ3n) is 4.37. The number of piperazine rings is 1. The Morgan fingerprint density at radius 3 is 2.50 bits per heavy atom. The fourth-order valence-electron chi connectivity index (χ4n) is 2.95. The number of rotatable bonds is 4. The summed E-state index contributed by atoms with van der Waals surface area (Å²) in [4.78, 5) is 16.7. The van der Waals surface area contributed by atoms with Crippen LogP contribution >= 0.6 is 23.2 Å². The molecule has 1 fully saturated rings. The number of anilines is 2. The maximum Gasteiger partial charge on any atom is 0.375 e. The van der Waals surface area contributed by atoms with Crippen molar-refractivity contribution in [3.05, 3.63) is 58.6 Å². The quantitative estimate of drug-likeness (QED) is 0.349. The molecular weight excluding hydrogens is 399 g/mol. The third kappa shape index (κ3) is 5.09. The molecule has 0 aliphatic carbocycles. The van der Waals surface area contributed by atoms with Gasteiger partial charge in [-0.25, -0.2) is 4.79 Å². The maximum atomic E-state index is 12.5. The van der Waals surface area contributed by atoms with Gasteiger partial charge in [0.05, 0.1) is 17.3 Å². The Labute approximate surface area is 174 Å². The molecule has 0 atom stereocenters. The molecule has 1 aliphatic heterocycles. The molecule has 2 aromatic carbocycles. The summed E-state index contributed by atoms with van der Waals surface area (Å²) in [7, 11) is 0. The van der Waals surface area contributed by atoms with Crippen LogP contribution in [0.5, 0.6) is 0 Å². The first-order valence-corrected chi connectivity index (χ1v) is 9.85. The van der Waals surface area contributed by atoms with Crippen molar-refractivity contribution < 1.29 is 9.53 Å². The minimum absolute atomic E-state index is 0.227. The summed E-state index contributed by atoms with van der Waals surface area (Å²) in [5, 5.41) is 5.28. The van der Waals surface area contributed by atoms with Gasteiger partial charge < -0.3 is 14.5 Å². The number of amidine groups is 1. The zero-order chi connectivity index (χ0) is 19.9. The molecule has 0 bridgehead atoms. The average molecular weight is 421 g/mol. The van der Waals surface area contributed by atoms with Crippen molar-refractivity contribution in [2.45, 2.75) is 6.92 Å². The third-order valence-corrected chi connectivity index (χ3v) is 4.93. The number of para-hydroxylation sites is 1. The number of carbonyl (C=O) groups excluding carboxylic acids is 1. The van der Waals surface area contributed by atoms with E-state index in [9.17, 15) is 4.79 Å². The molecule has 2 aromatic rings. The van der Waals surface area contributed by atoms with Crippen LogP contribution in [0.4, 0.5) is 11.4 Å². The second-order valence-electron chi connectivity index (χ2n) is 6.20. The van der Waals surface area contributed by atoms with Crippen LogP contribution in [-0.4, -0.2) is 49.5 Å². The molecule has 1 aliphatic rings. The van der Waals surface area contributed by atoms with Crippen LogP contribution in [0.15, 0.2) is 53.6 Å². The lowest BCUT2D eigenvalue weighted by molar-refractivity contribution is -0.135. The lowest BCUT2D eigenvalue weighted by atomic mass is 10.2. The highest BCUT2D eigenvalue weighted by Gasteiger charge is 2.26. The Balaban J connectivity index is 1.73. The van der Waals surface area contributed by atoms with Crippen molar-refractivity contribution >= 4 is 46.4 Å². The standard InChI is InChI=1S/C20H22Cl2N4O2/c1-2-28-20(27)19(24-23-18-14-15(21)8-9-17(18)22)26-12-10-25(11-13-26)16-6-4-3-5-7-16/h3-9,14,23H,2,10-13H2,1H3/b24-19+. The van der Waals surface area contributed by atoms with Gasteiger partial charge in [-0.1, -0.05) is 41.4 Å². The number of hydrogen-bond donors (Lipinski definition) is 1.